The Hall–Kier alpha value is -2.32. The third-order valence-electron chi connectivity index (χ3n) is 5.20. The first-order chi connectivity index (χ1) is 12.8. The predicted molar refractivity (Wildman–Crippen MR) is 92.2 cm³/mol. The lowest BCUT2D eigenvalue weighted by molar-refractivity contribution is -0.140. The maximum Gasteiger partial charge on any atom is 0.244 e. The quantitative estimate of drug-likeness (QED) is 0.814. The fourth-order valence-corrected chi connectivity index (χ4v) is 3.77. The van der Waals surface area contributed by atoms with Gasteiger partial charge in [-0.25, -0.2) is 0 Å². The van der Waals surface area contributed by atoms with Crippen LogP contribution in [0.5, 0.6) is 0 Å². The molecule has 138 valence electrons. The summed E-state index contributed by atoms with van der Waals surface area (Å²) in [6, 6.07) is 3.57. The maximum atomic E-state index is 13.4. The highest BCUT2D eigenvalue weighted by atomic mass is 16.5. The number of rotatable bonds is 4. The summed E-state index contributed by atoms with van der Waals surface area (Å²) in [5, 5.41) is 3.95. The first-order valence-electron chi connectivity index (χ1n) is 9.09. The molecule has 0 radical (unpaired) electrons. The van der Waals surface area contributed by atoms with Crippen molar-refractivity contribution in [2.45, 2.75) is 24.8 Å². The zero-order valence-electron chi connectivity index (χ0n) is 14.7. The monoisotopic (exact) mass is 357 g/mol. The standard InChI is InChI=1S/C18H23N5O3/c24-18(23-6-3-14(4-7-23)17-20-13-26-21-17)16(15-2-1-5-19-12-15)22-8-10-25-11-9-22/h1-2,5,12-14,16H,3-4,6-11H2/t16-/m1/s1. The minimum Gasteiger partial charge on any atom is -0.379 e. The molecule has 2 aliphatic heterocycles. The van der Waals surface area contributed by atoms with Gasteiger partial charge in [0.15, 0.2) is 5.82 Å². The highest BCUT2D eigenvalue weighted by Gasteiger charge is 2.35. The van der Waals surface area contributed by atoms with Crippen LogP contribution in [0.4, 0.5) is 0 Å². The van der Waals surface area contributed by atoms with Crippen LogP contribution in [0.2, 0.25) is 0 Å². The van der Waals surface area contributed by atoms with Gasteiger partial charge in [-0.1, -0.05) is 11.2 Å². The van der Waals surface area contributed by atoms with E-state index in [2.05, 4.69) is 20.0 Å². The van der Waals surface area contributed by atoms with Crippen LogP contribution in [0.15, 0.2) is 35.4 Å². The average molecular weight is 357 g/mol. The number of ether oxygens (including phenoxy) is 1. The van der Waals surface area contributed by atoms with Crippen molar-refractivity contribution in [3.8, 4) is 0 Å². The highest BCUT2D eigenvalue weighted by molar-refractivity contribution is 5.83. The van der Waals surface area contributed by atoms with Crippen molar-refractivity contribution in [2.75, 3.05) is 39.4 Å². The number of hydrogen-bond acceptors (Lipinski definition) is 7. The smallest absolute Gasteiger partial charge is 0.244 e. The number of carbonyl (C=O) groups excluding carboxylic acids is 1. The van der Waals surface area contributed by atoms with Gasteiger partial charge in [0, 0.05) is 44.5 Å². The Morgan fingerprint density at radius 1 is 1.19 bits per heavy atom. The number of pyridine rings is 1. The molecule has 0 N–H and O–H groups in total. The van der Waals surface area contributed by atoms with Crippen molar-refractivity contribution in [3.05, 3.63) is 42.3 Å². The molecular weight excluding hydrogens is 334 g/mol. The van der Waals surface area contributed by atoms with Gasteiger partial charge in [-0.05, 0) is 24.5 Å². The molecule has 2 saturated heterocycles. The zero-order valence-corrected chi connectivity index (χ0v) is 14.7. The normalized spacial score (nSPS) is 20.8. The number of nitrogens with zero attached hydrogens (tertiary/aromatic N) is 5. The van der Waals surface area contributed by atoms with Gasteiger partial charge in [-0.3, -0.25) is 14.7 Å². The molecule has 0 unspecified atom stereocenters. The largest absolute Gasteiger partial charge is 0.379 e. The third-order valence-corrected chi connectivity index (χ3v) is 5.20. The summed E-state index contributed by atoms with van der Waals surface area (Å²) in [4.78, 5) is 25.9. The highest BCUT2D eigenvalue weighted by Crippen LogP contribution is 2.29. The van der Waals surface area contributed by atoms with Crippen molar-refractivity contribution < 1.29 is 14.1 Å². The van der Waals surface area contributed by atoms with E-state index in [1.807, 2.05) is 17.0 Å². The molecule has 0 aromatic carbocycles. The van der Waals surface area contributed by atoms with Crippen molar-refractivity contribution in [1.29, 1.82) is 0 Å². The van der Waals surface area contributed by atoms with Gasteiger partial charge in [0.25, 0.3) is 0 Å². The molecule has 4 rings (SSSR count). The van der Waals surface area contributed by atoms with Gasteiger partial charge in [-0.2, -0.15) is 4.98 Å². The zero-order chi connectivity index (χ0) is 17.8. The van der Waals surface area contributed by atoms with E-state index in [0.29, 0.717) is 26.3 Å². The van der Waals surface area contributed by atoms with E-state index in [9.17, 15) is 4.79 Å². The molecule has 8 heteroatoms. The van der Waals surface area contributed by atoms with Crippen LogP contribution in [0.3, 0.4) is 0 Å². The third kappa shape index (κ3) is 3.61. The number of hydrogen-bond donors (Lipinski definition) is 0. The molecule has 1 amide bonds. The molecule has 2 aromatic heterocycles. The Morgan fingerprint density at radius 3 is 2.65 bits per heavy atom. The molecule has 0 aliphatic carbocycles. The molecule has 8 nitrogen and oxygen atoms in total. The fraction of sp³-hybridized carbons (Fsp3) is 0.556. The van der Waals surface area contributed by atoms with E-state index in [-0.39, 0.29) is 17.9 Å². The molecular formula is C18H23N5O3. The van der Waals surface area contributed by atoms with E-state index in [4.69, 9.17) is 9.26 Å². The number of piperidine rings is 1. The second kappa shape index (κ2) is 7.92. The van der Waals surface area contributed by atoms with Gasteiger partial charge >= 0.3 is 0 Å². The SMILES string of the molecule is O=C([C@@H](c1cccnc1)N1CCOCC1)N1CCC(c2ncon2)CC1. The number of aromatic nitrogens is 3. The van der Waals surface area contributed by atoms with E-state index in [1.54, 1.807) is 12.4 Å². The summed E-state index contributed by atoms with van der Waals surface area (Å²) in [6.07, 6.45) is 6.61. The summed E-state index contributed by atoms with van der Waals surface area (Å²) in [7, 11) is 0. The Morgan fingerprint density at radius 2 is 2.00 bits per heavy atom. The van der Waals surface area contributed by atoms with E-state index in [0.717, 1.165) is 37.3 Å². The topological polar surface area (TPSA) is 84.6 Å². The first-order valence-corrected chi connectivity index (χ1v) is 9.09. The lowest BCUT2D eigenvalue weighted by atomic mass is 9.95. The molecule has 0 saturated carbocycles. The molecule has 2 fully saturated rings. The van der Waals surface area contributed by atoms with Gasteiger partial charge < -0.3 is 14.2 Å². The van der Waals surface area contributed by atoms with Crippen LogP contribution in [0.25, 0.3) is 0 Å². The second-order valence-electron chi connectivity index (χ2n) is 6.73. The van der Waals surface area contributed by atoms with Gasteiger partial charge in [-0.15, -0.1) is 0 Å². The van der Waals surface area contributed by atoms with Crippen LogP contribution in [0, 0.1) is 0 Å². The van der Waals surface area contributed by atoms with Crippen LogP contribution in [-0.4, -0.2) is 70.2 Å². The van der Waals surface area contributed by atoms with Crippen LogP contribution >= 0.6 is 0 Å². The summed E-state index contributed by atoms with van der Waals surface area (Å²) in [6.45, 7) is 4.24. The Kier molecular flexibility index (Phi) is 5.21. The molecule has 0 spiro atoms. The van der Waals surface area contributed by atoms with Crippen molar-refractivity contribution in [1.82, 2.24) is 24.9 Å². The van der Waals surface area contributed by atoms with Crippen molar-refractivity contribution >= 4 is 5.91 Å². The van der Waals surface area contributed by atoms with Crippen molar-refractivity contribution in [3.63, 3.8) is 0 Å². The summed E-state index contributed by atoms with van der Waals surface area (Å²) >= 11 is 0. The van der Waals surface area contributed by atoms with Crippen molar-refractivity contribution in [2.24, 2.45) is 0 Å². The Labute approximate surface area is 152 Å². The summed E-state index contributed by atoms with van der Waals surface area (Å²) < 4.78 is 10.3. The predicted octanol–water partition coefficient (Wildman–Crippen LogP) is 1.24. The van der Waals surface area contributed by atoms with E-state index >= 15 is 0 Å². The molecule has 0 bridgehead atoms. The van der Waals surface area contributed by atoms with Gasteiger partial charge in [0.05, 0.1) is 13.2 Å². The number of amides is 1. The summed E-state index contributed by atoms with van der Waals surface area (Å²) in [5.41, 5.74) is 0.944. The number of likely N-dealkylation sites (tertiary alicyclic amines) is 1. The van der Waals surface area contributed by atoms with Crippen LogP contribution < -0.4 is 0 Å². The minimum atomic E-state index is -0.297. The Bertz CT molecular complexity index is 695. The molecule has 26 heavy (non-hydrogen) atoms. The molecule has 1 atom stereocenters. The average Bonchev–Trinajstić information content (AvgIpc) is 3.25. The Balaban J connectivity index is 1.48. The van der Waals surface area contributed by atoms with E-state index in [1.165, 1.54) is 6.39 Å². The maximum absolute atomic E-state index is 13.4. The van der Waals surface area contributed by atoms with Crippen LogP contribution in [0.1, 0.15) is 36.2 Å². The fourth-order valence-electron chi connectivity index (χ4n) is 3.77. The second-order valence-corrected chi connectivity index (χ2v) is 6.73. The minimum absolute atomic E-state index is 0.145. The molecule has 2 aromatic rings. The molecule has 2 aliphatic rings. The van der Waals surface area contributed by atoms with E-state index < -0.39 is 0 Å². The van der Waals surface area contributed by atoms with Crippen LogP contribution in [-0.2, 0) is 9.53 Å². The van der Waals surface area contributed by atoms with Gasteiger partial charge in [0.2, 0.25) is 12.3 Å². The number of morpholine rings is 1. The van der Waals surface area contributed by atoms with Gasteiger partial charge in [0.1, 0.15) is 6.04 Å². The lowest BCUT2D eigenvalue weighted by Crippen LogP contribution is -2.49. The lowest BCUT2D eigenvalue weighted by Gasteiger charge is -2.38. The first kappa shape index (κ1) is 17.1. The summed E-state index contributed by atoms with van der Waals surface area (Å²) in [5.74, 6) is 1.15. The molecule has 4 heterocycles. The number of carbonyl (C=O) groups is 1.